The van der Waals surface area contributed by atoms with Crippen molar-refractivity contribution in [3.63, 3.8) is 0 Å². The Balaban J connectivity index is 1.40. The molecule has 2 N–H and O–H groups in total. The van der Waals surface area contributed by atoms with Gasteiger partial charge < -0.3 is 15.2 Å². The lowest BCUT2D eigenvalue weighted by Crippen LogP contribution is -2.25. The number of ether oxygens (including phenoxy) is 2. The molecule has 1 saturated heterocycles. The van der Waals surface area contributed by atoms with E-state index in [0.717, 1.165) is 52.0 Å². The van der Waals surface area contributed by atoms with Gasteiger partial charge in [-0.2, -0.15) is 0 Å². The van der Waals surface area contributed by atoms with Gasteiger partial charge in [-0.15, -0.1) is 11.3 Å². The van der Waals surface area contributed by atoms with Gasteiger partial charge in [0, 0.05) is 23.2 Å². The molecular weight excluding hydrogens is 496 g/mol. The summed E-state index contributed by atoms with van der Waals surface area (Å²) in [4.78, 5) is 20.5. The number of rotatable bonds is 10. The van der Waals surface area contributed by atoms with Gasteiger partial charge in [0.1, 0.15) is 29.9 Å². The summed E-state index contributed by atoms with van der Waals surface area (Å²) in [5.41, 5.74) is 8.13. The van der Waals surface area contributed by atoms with Crippen LogP contribution < -0.4 is 15.2 Å². The molecule has 4 aromatic rings. The Morgan fingerprint density at radius 2 is 2.03 bits per heavy atom. The van der Waals surface area contributed by atoms with Crippen molar-refractivity contribution in [2.24, 2.45) is 5.73 Å². The van der Waals surface area contributed by atoms with Gasteiger partial charge in [-0.25, -0.2) is 4.98 Å². The van der Waals surface area contributed by atoms with Crippen LogP contribution in [0.3, 0.4) is 0 Å². The summed E-state index contributed by atoms with van der Waals surface area (Å²) in [5.74, 6) is 0.998. The predicted molar refractivity (Wildman–Crippen MR) is 143 cm³/mol. The summed E-state index contributed by atoms with van der Waals surface area (Å²) in [5, 5.41) is 0.635. The third kappa shape index (κ3) is 5.51. The number of carbonyl (C=O) groups excluding carboxylic acids is 1. The minimum Gasteiger partial charge on any atom is -0.491 e. The minimum atomic E-state index is -0.412. The van der Waals surface area contributed by atoms with Crippen molar-refractivity contribution in [1.29, 1.82) is 0 Å². The van der Waals surface area contributed by atoms with E-state index in [9.17, 15) is 4.79 Å². The number of halogens is 1. The molecule has 5 rings (SSSR count). The molecule has 3 aromatic heterocycles. The molecule has 1 aromatic carbocycles. The lowest BCUT2D eigenvalue weighted by atomic mass is 10.1. The highest BCUT2D eigenvalue weighted by molar-refractivity contribution is 7.15. The molecule has 1 aliphatic rings. The zero-order valence-electron chi connectivity index (χ0n) is 20.2. The normalized spacial score (nSPS) is 14.8. The van der Waals surface area contributed by atoms with Crippen molar-refractivity contribution in [2.75, 3.05) is 26.2 Å². The summed E-state index contributed by atoms with van der Waals surface area (Å²) in [6.07, 6.45) is 6.12. The van der Waals surface area contributed by atoms with E-state index < -0.39 is 5.91 Å². The average Bonchev–Trinajstić information content (AvgIpc) is 3.59. The Bertz CT molecular complexity index is 1360. The number of hydrogen-bond acceptors (Lipinski definition) is 6. The third-order valence-corrected chi connectivity index (χ3v) is 7.84. The Morgan fingerprint density at radius 3 is 2.81 bits per heavy atom. The van der Waals surface area contributed by atoms with Crippen LogP contribution in [-0.4, -0.2) is 46.4 Å². The number of amides is 1. The van der Waals surface area contributed by atoms with Gasteiger partial charge in [-0.05, 0) is 51.1 Å². The minimum absolute atomic E-state index is 0.0941. The molecule has 7 nitrogen and oxygen atoms in total. The lowest BCUT2D eigenvalue weighted by Gasteiger charge is -2.16. The van der Waals surface area contributed by atoms with Crippen LogP contribution >= 0.6 is 22.9 Å². The first-order chi connectivity index (χ1) is 17.5. The van der Waals surface area contributed by atoms with Crippen LogP contribution in [0.2, 0.25) is 5.02 Å². The van der Waals surface area contributed by atoms with Crippen LogP contribution in [0.15, 0.2) is 54.9 Å². The average molecular weight is 525 g/mol. The van der Waals surface area contributed by atoms with Gasteiger partial charge in [0.25, 0.3) is 0 Å². The molecule has 0 radical (unpaired) electrons. The molecule has 9 heteroatoms. The molecule has 1 atom stereocenters. The third-order valence-electron chi connectivity index (χ3n) is 6.36. The number of nitrogens with zero attached hydrogens (tertiary/aromatic N) is 3. The fourth-order valence-electron chi connectivity index (χ4n) is 4.51. The largest absolute Gasteiger partial charge is 0.491 e. The van der Waals surface area contributed by atoms with Crippen LogP contribution in [0.25, 0.3) is 16.2 Å². The highest BCUT2D eigenvalue weighted by Crippen LogP contribution is 2.39. The fraction of sp³-hybridized carbons (Fsp3) is 0.333. The van der Waals surface area contributed by atoms with Gasteiger partial charge in [-0.3, -0.25) is 14.1 Å². The van der Waals surface area contributed by atoms with Crippen molar-refractivity contribution < 1.29 is 14.3 Å². The standard InChI is InChI=1S/C27H29ClN4O3S/c1-18(20-6-2-3-7-21(20)28)35-23-14-24(36-25(23)15-26(29)33)22-16-30-27-9-8-19(17-32(22)27)34-13-12-31-10-4-5-11-31/h2-3,6-9,14,16-18H,4-5,10-13,15H2,1H3,(H2,29,33). The van der Waals surface area contributed by atoms with Gasteiger partial charge >= 0.3 is 0 Å². The van der Waals surface area contributed by atoms with E-state index in [-0.39, 0.29) is 12.5 Å². The second kappa shape index (κ2) is 10.9. The second-order valence-corrected chi connectivity index (χ2v) is 10.5. The zero-order chi connectivity index (χ0) is 25.1. The maximum absolute atomic E-state index is 11.8. The first-order valence-electron chi connectivity index (χ1n) is 12.1. The van der Waals surface area contributed by atoms with E-state index in [2.05, 4.69) is 9.88 Å². The molecule has 4 heterocycles. The number of fused-ring (bicyclic) bond motifs is 1. The van der Waals surface area contributed by atoms with Crippen LogP contribution in [0.4, 0.5) is 0 Å². The molecule has 1 amide bonds. The number of aromatic nitrogens is 2. The summed E-state index contributed by atoms with van der Waals surface area (Å²) in [6.45, 7) is 5.82. The summed E-state index contributed by atoms with van der Waals surface area (Å²) < 4.78 is 14.3. The maximum atomic E-state index is 11.8. The molecule has 0 bridgehead atoms. The monoisotopic (exact) mass is 524 g/mol. The zero-order valence-corrected chi connectivity index (χ0v) is 21.7. The first kappa shape index (κ1) is 24.6. The topological polar surface area (TPSA) is 82.1 Å². The van der Waals surface area contributed by atoms with Gasteiger partial charge in [0.05, 0.1) is 34.3 Å². The molecule has 0 aliphatic carbocycles. The molecule has 1 fully saturated rings. The quantitative estimate of drug-likeness (QED) is 0.302. The number of carbonyl (C=O) groups is 1. The van der Waals surface area contributed by atoms with E-state index in [1.807, 2.05) is 66.2 Å². The van der Waals surface area contributed by atoms with Gasteiger partial charge in [0.2, 0.25) is 5.91 Å². The maximum Gasteiger partial charge on any atom is 0.222 e. The van der Waals surface area contributed by atoms with E-state index >= 15 is 0 Å². The van der Waals surface area contributed by atoms with E-state index in [1.165, 1.54) is 24.2 Å². The number of benzene rings is 1. The number of pyridine rings is 1. The summed E-state index contributed by atoms with van der Waals surface area (Å²) in [6, 6.07) is 13.4. The number of primary amides is 1. The van der Waals surface area contributed by atoms with Crippen LogP contribution in [-0.2, 0) is 11.2 Å². The lowest BCUT2D eigenvalue weighted by molar-refractivity contribution is -0.117. The van der Waals surface area contributed by atoms with Crippen molar-refractivity contribution in [2.45, 2.75) is 32.3 Å². The molecule has 188 valence electrons. The Kier molecular flexibility index (Phi) is 7.46. The van der Waals surface area contributed by atoms with Crippen molar-refractivity contribution in [3.05, 3.63) is 70.3 Å². The summed E-state index contributed by atoms with van der Waals surface area (Å²) in [7, 11) is 0. The molecule has 36 heavy (non-hydrogen) atoms. The number of nitrogens with two attached hydrogens (primary N) is 1. The Morgan fingerprint density at radius 1 is 1.22 bits per heavy atom. The number of thiophene rings is 1. The Labute approximate surface area is 219 Å². The van der Waals surface area contributed by atoms with Gasteiger partial charge in [0.15, 0.2) is 0 Å². The highest BCUT2D eigenvalue weighted by atomic mass is 35.5. The second-order valence-electron chi connectivity index (χ2n) is 8.96. The predicted octanol–water partition coefficient (Wildman–Crippen LogP) is 5.36. The molecule has 0 spiro atoms. The van der Waals surface area contributed by atoms with E-state index in [4.69, 9.17) is 26.8 Å². The van der Waals surface area contributed by atoms with Crippen LogP contribution in [0, 0.1) is 0 Å². The number of hydrogen-bond donors (Lipinski definition) is 1. The van der Waals surface area contributed by atoms with Crippen LogP contribution in [0.5, 0.6) is 11.5 Å². The SMILES string of the molecule is CC(Oc1cc(-c2cnc3ccc(OCCN4CCCC4)cn23)sc1CC(N)=O)c1ccccc1Cl. The van der Waals surface area contributed by atoms with Gasteiger partial charge in [-0.1, -0.05) is 29.8 Å². The van der Waals surface area contributed by atoms with Crippen molar-refractivity contribution in [3.8, 4) is 22.1 Å². The molecule has 0 saturated carbocycles. The van der Waals surface area contributed by atoms with E-state index in [0.29, 0.717) is 17.4 Å². The first-order valence-corrected chi connectivity index (χ1v) is 13.3. The molecule has 1 aliphatic heterocycles. The fourth-order valence-corrected chi connectivity index (χ4v) is 5.90. The number of imidazole rings is 1. The van der Waals surface area contributed by atoms with Crippen LogP contribution in [0.1, 0.15) is 36.3 Å². The van der Waals surface area contributed by atoms with E-state index in [1.54, 1.807) is 0 Å². The molecular formula is C27H29ClN4O3S. The molecule has 1 unspecified atom stereocenters. The summed E-state index contributed by atoms with van der Waals surface area (Å²) >= 11 is 7.85. The Hall–Kier alpha value is -3.07. The van der Waals surface area contributed by atoms with Crippen molar-refractivity contribution in [1.82, 2.24) is 14.3 Å². The smallest absolute Gasteiger partial charge is 0.222 e. The van der Waals surface area contributed by atoms with Crippen molar-refractivity contribution >= 4 is 34.5 Å². The number of likely N-dealkylation sites (tertiary alicyclic amines) is 1. The highest BCUT2D eigenvalue weighted by Gasteiger charge is 2.20.